The summed E-state index contributed by atoms with van der Waals surface area (Å²) in [5.41, 5.74) is 2.65. The Morgan fingerprint density at radius 3 is 2.63 bits per heavy atom. The third-order valence-electron chi connectivity index (χ3n) is 4.53. The lowest BCUT2D eigenvalue weighted by molar-refractivity contribution is -0.129. The summed E-state index contributed by atoms with van der Waals surface area (Å²) in [6.45, 7) is 1.06. The van der Waals surface area contributed by atoms with Gasteiger partial charge in [-0.15, -0.1) is 0 Å². The number of phenols is 1. The van der Waals surface area contributed by atoms with Crippen molar-refractivity contribution in [2.75, 3.05) is 26.7 Å². The molecule has 140 valence electrons. The van der Waals surface area contributed by atoms with E-state index in [1.54, 1.807) is 41.3 Å². The number of nitrogens with one attached hydrogen (secondary N) is 1. The van der Waals surface area contributed by atoms with Gasteiger partial charge in [0.2, 0.25) is 5.91 Å². The molecular weight excluding hydrogens is 344 g/mol. The van der Waals surface area contributed by atoms with Crippen molar-refractivity contribution < 1.29 is 19.4 Å². The Morgan fingerprint density at radius 1 is 1.19 bits per heavy atom. The van der Waals surface area contributed by atoms with Gasteiger partial charge >= 0.3 is 0 Å². The Labute approximate surface area is 158 Å². The van der Waals surface area contributed by atoms with Crippen molar-refractivity contribution in [2.24, 2.45) is 0 Å². The highest BCUT2D eigenvalue weighted by Crippen LogP contribution is 2.24. The molecule has 0 aliphatic carbocycles. The lowest BCUT2D eigenvalue weighted by Gasteiger charge is -2.27. The molecular formula is C21H22N2O4. The molecule has 0 radical (unpaired) electrons. The van der Waals surface area contributed by atoms with E-state index in [1.807, 2.05) is 18.2 Å². The lowest BCUT2D eigenvalue weighted by atomic mass is 9.99. The van der Waals surface area contributed by atoms with Gasteiger partial charge in [0.25, 0.3) is 5.91 Å². The molecule has 0 unspecified atom stereocenters. The highest BCUT2D eigenvalue weighted by Gasteiger charge is 2.18. The zero-order chi connectivity index (χ0) is 19.2. The fraction of sp³-hybridized carbons (Fsp3) is 0.238. The van der Waals surface area contributed by atoms with E-state index in [1.165, 1.54) is 7.11 Å². The van der Waals surface area contributed by atoms with Gasteiger partial charge in [-0.25, -0.2) is 0 Å². The minimum atomic E-state index is -0.306. The number of carbonyl (C=O) groups is 2. The third-order valence-corrected chi connectivity index (χ3v) is 4.53. The van der Waals surface area contributed by atoms with Gasteiger partial charge in [0.15, 0.2) is 0 Å². The van der Waals surface area contributed by atoms with Crippen LogP contribution in [-0.4, -0.2) is 48.6 Å². The van der Waals surface area contributed by atoms with Gasteiger partial charge in [-0.3, -0.25) is 9.59 Å². The van der Waals surface area contributed by atoms with Crippen LogP contribution in [0.4, 0.5) is 0 Å². The predicted octanol–water partition coefficient (Wildman–Crippen LogP) is 2.45. The number of carbonyl (C=O) groups excluding carboxylic acids is 2. The van der Waals surface area contributed by atoms with Gasteiger partial charge in [0.1, 0.15) is 11.5 Å². The number of phenolic OH excluding ortho intramolecular Hbond substituents is 1. The van der Waals surface area contributed by atoms with Gasteiger partial charge in [-0.2, -0.15) is 0 Å². The third kappa shape index (κ3) is 4.67. The van der Waals surface area contributed by atoms with Crippen molar-refractivity contribution in [3.63, 3.8) is 0 Å². The molecule has 1 aliphatic rings. The van der Waals surface area contributed by atoms with E-state index >= 15 is 0 Å². The molecule has 1 heterocycles. The zero-order valence-electron chi connectivity index (χ0n) is 15.1. The number of hydrogen-bond acceptors (Lipinski definition) is 4. The molecule has 2 amide bonds. The SMILES string of the molecule is COc1cccc(C(=O)NCC(=O)N2CC=C(c3ccc(O)cc3)CC2)c1. The predicted molar refractivity (Wildman–Crippen MR) is 103 cm³/mol. The number of methoxy groups -OCH3 is 1. The molecule has 0 atom stereocenters. The largest absolute Gasteiger partial charge is 0.508 e. The fourth-order valence-electron chi connectivity index (χ4n) is 2.97. The lowest BCUT2D eigenvalue weighted by Crippen LogP contribution is -2.42. The van der Waals surface area contributed by atoms with E-state index in [4.69, 9.17) is 4.74 Å². The van der Waals surface area contributed by atoms with Crippen LogP contribution >= 0.6 is 0 Å². The second-order valence-electron chi connectivity index (χ2n) is 6.28. The van der Waals surface area contributed by atoms with Crippen LogP contribution in [0.2, 0.25) is 0 Å². The summed E-state index contributed by atoms with van der Waals surface area (Å²) in [5.74, 6) is 0.405. The molecule has 3 rings (SSSR count). The van der Waals surface area contributed by atoms with Crippen molar-refractivity contribution >= 4 is 17.4 Å². The standard InChI is InChI=1S/C21H22N2O4/c1-27-19-4-2-3-17(13-19)21(26)22-14-20(25)23-11-9-16(10-12-23)15-5-7-18(24)8-6-15/h2-9,13,24H,10-12,14H2,1H3,(H,22,26). The van der Waals surface area contributed by atoms with E-state index in [0.29, 0.717) is 24.4 Å². The number of ether oxygens (including phenoxy) is 1. The van der Waals surface area contributed by atoms with Crippen LogP contribution < -0.4 is 10.1 Å². The summed E-state index contributed by atoms with van der Waals surface area (Å²) < 4.78 is 5.10. The van der Waals surface area contributed by atoms with Crippen LogP contribution in [0.5, 0.6) is 11.5 Å². The van der Waals surface area contributed by atoms with Crippen LogP contribution in [0.1, 0.15) is 22.3 Å². The van der Waals surface area contributed by atoms with Crippen LogP contribution in [-0.2, 0) is 4.79 Å². The summed E-state index contributed by atoms with van der Waals surface area (Å²) in [4.78, 5) is 26.3. The minimum absolute atomic E-state index is 0.0432. The monoisotopic (exact) mass is 366 g/mol. The molecule has 2 N–H and O–H groups in total. The molecule has 2 aromatic carbocycles. The summed E-state index contributed by atoms with van der Waals surface area (Å²) in [6.07, 6.45) is 2.75. The van der Waals surface area contributed by atoms with Gasteiger partial charge in [0, 0.05) is 18.7 Å². The van der Waals surface area contributed by atoms with E-state index in [9.17, 15) is 14.7 Å². The topological polar surface area (TPSA) is 78.9 Å². The number of nitrogens with zero attached hydrogens (tertiary/aromatic N) is 1. The van der Waals surface area contributed by atoms with E-state index < -0.39 is 0 Å². The van der Waals surface area contributed by atoms with Crippen molar-refractivity contribution in [3.8, 4) is 11.5 Å². The van der Waals surface area contributed by atoms with Crippen LogP contribution in [0.15, 0.2) is 54.6 Å². The van der Waals surface area contributed by atoms with Gasteiger partial charge in [-0.05, 0) is 47.9 Å². The number of aromatic hydroxyl groups is 1. The minimum Gasteiger partial charge on any atom is -0.508 e. The molecule has 0 saturated carbocycles. The quantitative estimate of drug-likeness (QED) is 0.852. The Hall–Kier alpha value is -3.28. The molecule has 1 aliphatic heterocycles. The smallest absolute Gasteiger partial charge is 0.251 e. The second kappa shape index (κ2) is 8.40. The van der Waals surface area contributed by atoms with Gasteiger partial charge in [0.05, 0.1) is 13.7 Å². The molecule has 0 saturated heterocycles. The highest BCUT2D eigenvalue weighted by molar-refractivity contribution is 5.96. The molecule has 0 spiro atoms. The Kier molecular flexibility index (Phi) is 5.76. The molecule has 0 fully saturated rings. The van der Waals surface area contributed by atoms with E-state index in [2.05, 4.69) is 5.32 Å². The van der Waals surface area contributed by atoms with E-state index in [-0.39, 0.29) is 24.1 Å². The number of amides is 2. The molecule has 6 heteroatoms. The Bertz CT molecular complexity index is 859. The van der Waals surface area contributed by atoms with Crippen molar-refractivity contribution in [3.05, 3.63) is 65.7 Å². The van der Waals surface area contributed by atoms with Crippen molar-refractivity contribution in [1.29, 1.82) is 0 Å². The molecule has 6 nitrogen and oxygen atoms in total. The number of rotatable bonds is 5. The second-order valence-corrected chi connectivity index (χ2v) is 6.28. The summed E-state index contributed by atoms with van der Waals surface area (Å²) in [6, 6.07) is 13.8. The van der Waals surface area contributed by atoms with Crippen LogP contribution in [0, 0.1) is 0 Å². The average Bonchev–Trinajstić information content (AvgIpc) is 2.72. The summed E-state index contributed by atoms with van der Waals surface area (Å²) >= 11 is 0. The maximum atomic E-state index is 12.4. The van der Waals surface area contributed by atoms with Crippen molar-refractivity contribution in [2.45, 2.75) is 6.42 Å². The number of hydrogen-bond donors (Lipinski definition) is 2. The maximum absolute atomic E-state index is 12.4. The van der Waals surface area contributed by atoms with Gasteiger partial charge < -0.3 is 20.1 Å². The first-order valence-corrected chi connectivity index (χ1v) is 8.75. The fourth-order valence-corrected chi connectivity index (χ4v) is 2.97. The van der Waals surface area contributed by atoms with E-state index in [0.717, 1.165) is 17.6 Å². The Balaban J connectivity index is 1.53. The molecule has 0 aromatic heterocycles. The summed E-state index contributed by atoms with van der Waals surface area (Å²) in [5, 5.41) is 12.0. The molecule has 27 heavy (non-hydrogen) atoms. The maximum Gasteiger partial charge on any atom is 0.251 e. The first kappa shape index (κ1) is 18.5. The van der Waals surface area contributed by atoms with Crippen LogP contribution in [0.25, 0.3) is 5.57 Å². The van der Waals surface area contributed by atoms with Crippen molar-refractivity contribution in [1.82, 2.24) is 10.2 Å². The average molecular weight is 366 g/mol. The first-order valence-electron chi connectivity index (χ1n) is 8.75. The zero-order valence-corrected chi connectivity index (χ0v) is 15.1. The van der Waals surface area contributed by atoms with Crippen LogP contribution in [0.3, 0.4) is 0 Å². The summed E-state index contributed by atoms with van der Waals surface area (Å²) in [7, 11) is 1.54. The molecule has 0 bridgehead atoms. The Morgan fingerprint density at radius 2 is 1.96 bits per heavy atom. The van der Waals surface area contributed by atoms with Gasteiger partial charge in [-0.1, -0.05) is 24.3 Å². The molecule has 2 aromatic rings. The highest BCUT2D eigenvalue weighted by atomic mass is 16.5. The number of benzene rings is 2. The normalized spacial score (nSPS) is 13.7. The first-order chi connectivity index (χ1) is 13.1.